The molecule has 2 rings (SSSR count). The van der Waals surface area contributed by atoms with Crippen LogP contribution in [0.3, 0.4) is 0 Å². The second-order valence-corrected chi connectivity index (χ2v) is 5.76. The maximum absolute atomic E-state index is 13.8. The minimum Gasteiger partial charge on any atom is -0.298 e. The number of ketones is 1. The molecule has 17 heavy (non-hydrogen) atoms. The van der Waals surface area contributed by atoms with Gasteiger partial charge in [0.1, 0.15) is 5.82 Å². The number of nitrogens with zero attached hydrogens (tertiary/aromatic N) is 1. The molecule has 1 aliphatic heterocycles. The maximum atomic E-state index is 13.8. The van der Waals surface area contributed by atoms with Crippen LogP contribution in [0.1, 0.15) is 18.4 Å². The molecule has 1 saturated heterocycles. The predicted molar refractivity (Wildman–Crippen MR) is 72.2 cm³/mol. The molecule has 0 saturated carbocycles. The first-order chi connectivity index (χ1) is 8.09. The van der Waals surface area contributed by atoms with Gasteiger partial charge in [-0.1, -0.05) is 21.5 Å². The Bertz CT molecular complexity index is 441. The molecule has 2 unspecified atom stereocenters. The van der Waals surface area contributed by atoms with Crippen molar-refractivity contribution in [1.29, 1.82) is 0 Å². The molecule has 1 aromatic rings. The molecule has 1 aliphatic rings. The number of carbonyl (C=O) groups is 1. The van der Waals surface area contributed by atoms with Crippen molar-refractivity contribution < 1.29 is 9.18 Å². The molecular formula is C12H14BrFNOP. The first kappa shape index (κ1) is 13.1. The fraction of sp³-hybridized carbons (Fsp3) is 0.417. The molecule has 2 atom stereocenters. The highest BCUT2D eigenvalue weighted by Crippen LogP contribution is 2.25. The molecule has 1 aromatic carbocycles. The van der Waals surface area contributed by atoms with Crippen LogP contribution in [0.15, 0.2) is 22.7 Å². The van der Waals surface area contributed by atoms with Gasteiger partial charge in [-0.2, -0.15) is 0 Å². The van der Waals surface area contributed by atoms with Crippen molar-refractivity contribution in [2.24, 2.45) is 0 Å². The van der Waals surface area contributed by atoms with Gasteiger partial charge in [-0.15, -0.1) is 0 Å². The molecule has 0 bridgehead atoms. The van der Waals surface area contributed by atoms with Crippen LogP contribution in [0.5, 0.6) is 0 Å². The molecule has 1 fully saturated rings. The monoisotopic (exact) mass is 317 g/mol. The fourth-order valence-corrected chi connectivity index (χ4v) is 2.95. The SMILES string of the molecule is O=C1CCCN(P)C1Cc1cccc(Br)c1F. The maximum Gasteiger partial charge on any atom is 0.150 e. The molecule has 92 valence electrons. The van der Waals surface area contributed by atoms with Crippen molar-refractivity contribution in [3.05, 3.63) is 34.1 Å². The first-order valence-electron chi connectivity index (χ1n) is 5.56. The van der Waals surface area contributed by atoms with Crippen LogP contribution in [0.25, 0.3) is 0 Å². The minimum absolute atomic E-state index is 0.200. The lowest BCUT2D eigenvalue weighted by molar-refractivity contribution is -0.124. The third kappa shape index (κ3) is 2.93. The zero-order valence-corrected chi connectivity index (χ0v) is 12.1. The molecule has 0 amide bonds. The Hall–Kier alpha value is -0.310. The van der Waals surface area contributed by atoms with Crippen LogP contribution in [-0.2, 0) is 11.2 Å². The number of halogens is 2. The van der Waals surface area contributed by atoms with Gasteiger partial charge in [-0.05, 0) is 40.4 Å². The van der Waals surface area contributed by atoms with Gasteiger partial charge in [0, 0.05) is 13.0 Å². The Morgan fingerprint density at radius 1 is 1.53 bits per heavy atom. The van der Waals surface area contributed by atoms with E-state index in [1.54, 1.807) is 18.2 Å². The smallest absolute Gasteiger partial charge is 0.150 e. The predicted octanol–water partition coefficient (Wildman–Crippen LogP) is 2.95. The lowest BCUT2D eigenvalue weighted by Crippen LogP contribution is -2.41. The number of rotatable bonds is 2. The third-order valence-electron chi connectivity index (χ3n) is 3.06. The summed E-state index contributed by atoms with van der Waals surface area (Å²) in [6.45, 7) is 0.872. The van der Waals surface area contributed by atoms with Gasteiger partial charge in [0.2, 0.25) is 0 Å². The molecule has 0 aromatic heterocycles. The normalized spacial score (nSPS) is 21.8. The zero-order chi connectivity index (χ0) is 12.4. The highest BCUT2D eigenvalue weighted by atomic mass is 79.9. The minimum atomic E-state index is -0.260. The molecule has 2 nitrogen and oxygen atoms in total. The zero-order valence-electron chi connectivity index (χ0n) is 9.33. The van der Waals surface area contributed by atoms with Gasteiger partial charge in [0.25, 0.3) is 0 Å². The van der Waals surface area contributed by atoms with E-state index in [2.05, 4.69) is 25.3 Å². The number of piperidine rings is 1. The summed E-state index contributed by atoms with van der Waals surface area (Å²) in [6, 6.07) is 4.99. The highest BCUT2D eigenvalue weighted by Gasteiger charge is 2.28. The molecular weight excluding hydrogens is 304 g/mol. The number of hydrogen-bond donors (Lipinski definition) is 0. The summed E-state index contributed by atoms with van der Waals surface area (Å²) in [6.07, 6.45) is 1.93. The number of hydrogen-bond acceptors (Lipinski definition) is 2. The lowest BCUT2D eigenvalue weighted by Gasteiger charge is -2.31. The Labute approximate surface area is 111 Å². The third-order valence-corrected chi connectivity index (χ3v) is 4.29. The van der Waals surface area contributed by atoms with Gasteiger partial charge in [-0.25, -0.2) is 4.39 Å². The molecule has 0 spiro atoms. The van der Waals surface area contributed by atoms with Crippen LogP contribution < -0.4 is 0 Å². The van der Waals surface area contributed by atoms with E-state index >= 15 is 0 Å². The molecule has 1 heterocycles. The van der Waals surface area contributed by atoms with Crippen molar-refractivity contribution in [3.63, 3.8) is 0 Å². The Morgan fingerprint density at radius 2 is 2.29 bits per heavy atom. The second-order valence-electron chi connectivity index (χ2n) is 4.24. The molecule has 5 heteroatoms. The Kier molecular flexibility index (Phi) is 4.29. The van der Waals surface area contributed by atoms with E-state index in [9.17, 15) is 9.18 Å². The van der Waals surface area contributed by atoms with Crippen LogP contribution in [0.2, 0.25) is 0 Å². The summed E-state index contributed by atoms with van der Waals surface area (Å²) in [4.78, 5) is 11.8. The van der Waals surface area contributed by atoms with Crippen molar-refractivity contribution in [2.45, 2.75) is 25.3 Å². The topological polar surface area (TPSA) is 20.3 Å². The average molecular weight is 318 g/mol. The van der Waals surface area contributed by atoms with Crippen LogP contribution in [-0.4, -0.2) is 23.0 Å². The van der Waals surface area contributed by atoms with Crippen LogP contribution in [0.4, 0.5) is 4.39 Å². The fourth-order valence-electron chi connectivity index (χ4n) is 2.09. The van der Waals surface area contributed by atoms with Crippen LogP contribution >= 0.6 is 25.3 Å². The van der Waals surface area contributed by atoms with Gasteiger partial charge >= 0.3 is 0 Å². The lowest BCUT2D eigenvalue weighted by atomic mass is 9.96. The van der Waals surface area contributed by atoms with Crippen LogP contribution in [0, 0.1) is 5.82 Å². The van der Waals surface area contributed by atoms with Crippen molar-refractivity contribution >= 4 is 31.1 Å². The summed E-state index contributed by atoms with van der Waals surface area (Å²) in [5, 5.41) is 0. The summed E-state index contributed by atoms with van der Waals surface area (Å²) in [5.41, 5.74) is 0.590. The first-order valence-corrected chi connectivity index (χ1v) is 6.87. The van der Waals surface area contributed by atoms with E-state index in [0.717, 1.165) is 13.0 Å². The Balaban J connectivity index is 2.19. The summed E-state index contributed by atoms with van der Waals surface area (Å²) in [5.74, 6) is -0.0603. The van der Waals surface area contributed by atoms with Crippen molar-refractivity contribution in [2.75, 3.05) is 6.54 Å². The second kappa shape index (κ2) is 5.55. The molecule has 0 N–H and O–H groups in total. The molecule has 0 aliphatic carbocycles. The number of Topliss-reactive ketones (excluding diaryl/α,β-unsaturated/α-hetero) is 1. The average Bonchev–Trinajstić information content (AvgIpc) is 2.29. The van der Waals surface area contributed by atoms with Gasteiger partial charge in [0.15, 0.2) is 5.78 Å². The van der Waals surface area contributed by atoms with Gasteiger partial charge in [0.05, 0.1) is 10.5 Å². The summed E-state index contributed by atoms with van der Waals surface area (Å²) < 4.78 is 16.2. The van der Waals surface area contributed by atoms with E-state index in [1.165, 1.54) is 0 Å². The number of benzene rings is 1. The van der Waals surface area contributed by atoms with E-state index < -0.39 is 0 Å². The number of carbonyl (C=O) groups excluding carboxylic acids is 1. The quantitative estimate of drug-likeness (QED) is 0.782. The van der Waals surface area contributed by atoms with Gasteiger partial charge < -0.3 is 0 Å². The largest absolute Gasteiger partial charge is 0.298 e. The molecule has 0 radical (unpaired) electrons. The van der Waals surface area contributed by atoms with E-state index in [4.69, 9.17) is 0 Å². The van der Waals surface area contributed by atoms with Crippen molar-refractivity contribution in [1.82, 2.24) is 4.67 Å². The summed E-state index contributed by atoms with van der Waals surface area (Å²) in [7, 11) is 2.57. The van der Waals surface area contributed by atoms with E-state index in [0.29, 0.717) is 22.9 Å². The summed E-state index contributed by atoms with van der Waals surface area (Å²) >= 11 is 3.16. The Morgan fingerprint density at radius 3 is 3.00 bits per heavy atom. The van der Waals surface area contributed by atoms with Crippen molar-refractivity contribution in [3.8, 4) is 0 Å². The van der Waals surface area contributed by atoms with Gasteiger partial charge in [-0.3, -0.25) is 9.46 Å². The van der Waals surface area contributed by atoms with E-state index in [-0.39, 0.29) is 17.6 Å². The standard InChI is InChI=1S/C12H14BrFNOP/c13-9-4-1-3-8(12(9)14)7-10-11(16)5-2-6-15(10)17/h1,3-4,10H,2,5-7,17H2. The highest BCUT2D eigenvalue weighted by molar-refractivity contribution is 9.10. The van der Waals surface area contributed by atoms with E-state index in [1.807, 2.05) is 4.67 Å².